The Balaban J connectivity index is 1.10. The monoisotopic (exact) mass is 564 g/mol. The molecule has 0 bridgehead atoms. The molecule has 4 aliphatic rings. The number of fused-ring (bicyclic) bond motifs is 2. The van der Waals surface area contributed by atoms with Crippen molar-refractivity contribution in [3.63, 3.8) is 0 Å². The van der Waals surface area contributed by atoms with Crippen LogP contribution in [0.1, 0.15) is 47.1 Å². The van der Waals surface area contributed by atoms with Crippen molar-refractivity contribution in [2.24, 2.45) is 11.3 Å². The number of anilines is 1. The van der Waals surface area contributed by atoms with Gasteiger partial charge >= 0.3 is 5.97 Å². The minimum absolute atomic E-state index is 0.207. The molecule has 8 nitrogen and oxygen atoms in total. The average Bonchev–Trinajstić information content (AvgIpc) is 3.60. The maximum Gasteiger partial charge on any atom is 0.311 e. The highest BCUT2D eigenvalue weighted by Crippen LogP contribution is 2.58. The molecule has 216 valence electrons. The van der Waals surface area contributed by atoms with E-state index in [2.05, 4.69) is 21.9 Å². The lowest BCUT2D eigenvalue weighted by Gasteiger charge is -2.38. The number of aromatic nitrogens is 1. The normalized spacial score (nSPS) is 23.6. The summed E-state index contributed by atoms with van der Waals surface area (Å²) in [5.74, 6) is 1.09. The molecule has 3 aliphatic heterocycles. The van der Waals surface area contributed by atoms with Crippen molar-refractivity contribution in [2.75, 3.05) is 37.7 Å². The molecule has 0 spiro atoms. The molecule has 7 rings (SSSR count). The van der Waals surface area contributed by atoms with Crippen molar-refractivity contribution in [3.05, 3.63) is 76.3 Å². The van der Waals surface area contributed by atoms with E-state index >= 15 is 0 Å². The number of aliphatic carboxylic acids is 1. The molecular formula is C34H36N4O4. The lowest BCUT2D eigenvalue weighted by molar-refractivity contribution is -0.143. The first kappa shape index (κ1) is 26.9. The standard InChI is InChI=1S/C34H36N4O4/c1-22-4-2-5-28(30-6-3-7-31(36-30)38-18-26-16-34(26,21-38)33(39)40)32(22)42-20-23-14-24-8-11-37(27-9-12-41-13-10-27)19-29(24)25(15-23)17-35/h2-7,14-15,26-27H,8-13,16,18-21H2,1H3,(H,39,40)/t26?,34-/m0/s1. The van der Waals surface area contributed by atoms with Gasteiger partial charge in [-0.3, -0.25) is 9.69 Å². The lowest BCUT2D eigenvalue weighted by Crippen LogP contribution is -2.42. The van der Waals surface area contributed by atoms with E-state index in [1.165, 1.54) is 5.56 Å². The van der Waals surface area contributed by atoms with Crippen LogP contribution in [0.15, 0.2) is 48.5 Å². The van der Waals surface area contributed by atoms with Crippen LogP contribution in [-0.2, 0) is 29.1 Å². The molecule has 3 aromatic rings. The van der Waals surface area contributed by atoms with Crippen molar-refractivity contribution >= 4 is 11.8 Å². The molecule has 4 heterocycles. The van der Waals surface area contributed by atoms with Gasteiger partial charge in [0.1, 0.15) is 18.2 Å². The average molecular weight is 565 g/mol. The van der Waals surface area contributed by atoms with Crippen molar-refractivity contribution in [1.82, 2.24) is 9.88 Å². The summed E-state index contributed by atoms with van der Waals surface area (Å²) in [4.78, 5) is 21.4. The molecule has 2 saturated heterocycles. The molecule has 1 aromatic heterocycles. The second kappa shape index (κ2) is 10.7. The largest absolute Gasteiger partial charge is 0.488 e. The Hall–Kier alpha value is -3.93. The van der Waals surface area contributed by atoms with Gasteiger partial charge in [-0.2, -0.15) is 5.26 Å². The number of hydrogen-bond acceptors (Lipinski definition) is 7. The van der Waals surface area contributed by atoms with E-state index in [0.717, 1.165) is 104 Å². The van der Waals surface area contributed by atoms with Crippen molar-refractivity contribution in [3.8, 4) is 23.1 Å². The zero-order chi connectivity index (χ0) is 28.8. The van der Waals surface area contributed by atoms with Gasteiger partial charge in [0.15, 0.2) is 0 Å². The highest BCUT2D eigenvalue weighted by Gasteiger charge is 2.65. The molecule has 1 saturated carbocycles. The van der Waals surface area contributed by atoms with Crippen molar-refractivity contribution < 1.29 is 19.4 Å². The first-order valence-electron chi connectivity index (χ1n) is 15.0. The quantitative estimate of drug-likeness (QED) is 0.430. The fraction of sp³-hybridized carbons (Fsp3) is 0.441. The van der Waals surface area contributed by atoms with Gasteiger partial charge in [-0.05, 0) is 85.0 Å². The number of hydrogen-bond donors (Lipinski definition) is 1. The molecule has 0 amide bonds. The summed E-state index contributed by atoms with van der Waals surface area (Å²) in [5.41, 5.74) is 6.25. The van der Waals surface area contributed by atoms with E-state index in [4.69, 9.17) is 14.5 Å². The topological polar surface area (TPSA) is 98.9 Å². The number of nitriles is 1. The molecule has 2 atom stereocenters. The number of para-hydroxylation sites is 1. The summed E-state index contributed by atoms with van der Waals surface area (Å²) in [6.07, 6.45) is 3.81. The van der Waals surface area contributed by atoms with Crippen LogP contribution < -0.4 is 9.64 Å². The highest BCUT2D eigenvalue weighted by molar-refractivity contribution is 5.81. The lowest BCUT2D eigenvalue weighted by atomic mass is 9.91. The van der Waals surface area contributed by atoms with Gasteiger partial charge in [0, 0.05) is 51.0 Å². The molecule has 1 N–H and O–H groups in total. The van der Waals surface area contributed by atoms with Gasteiger partial charge in [-0.15, -0.1) is 0 Å². The number of pyridine rings is 1. The molecular weight excluding hydrogens is 528 g/mol. The van der Waals surface area contributed by atoms with Crippen LogP contribution in [0.4, 0.5) is 5.82 Å². The number of rotatable bonds is 7. The van der Waals surface area contributed by atoms with Crippen LogP contribution in [0.5, 0.6) is 5.75 Å². The number of carbonyl (C=O) groups is 1. The van der Waals surface area contributed by atoms with Crippen molar-refractivity contribution in [2.45, 2.75) is 51.8 Å². The Labute approximate surface area is 246 Å². The van der Waals surface area contributed by atoms with Gasteiger partial charge in [0.2, 0.25) is 0 Å². The molecule has 42 heavy (non-hydrogen) atoms. The van der Waals surface area contributed by atoms with E-state index in [0.29, 0.717) is 19.2 Å². The number of carboxylic acid groups (broad SMARTS) is 1. The third-order valence-electron chi connectivity index (χ3n) is 9.76. The smallest absolute Gasteiger partial charge is 0.311 e. The van der Waals surface area contributed by atoms with Gasteiger partial charge in [0.25, 0.3) is 0 Å². The third kappa shape index (κ3) is 4.81. The molecule has 3 fully saturated rings. The number of ether oxygens (including phenoxy) is 2. The minimum Gasteiger partial charge on any atom is -0.488 e. The molecule has 2 aromatic carbocycles. The fourth-order valence-corrected chi connectivity index (χ4v) is 7.24. The summed E-state index contributed by atoms with van der Waals surface area (Å²) in [6.45, 7) is 7.09. The van der Waals surface area contributed by atoms with Gasteiger partial charge in [0.05, 0.1) is 22.7 Å². The summed E-state index contributed by atoms with van der Waals surface area (Å²) >= 11 is 0. The second-order valence-electron chi connectivity index (χ2n) is 12.3. The van der Waals surface area contributed by atoms with Crippen molar-refractivity contribution in [1.29, 1.82) is 5.26 Å². The van der Waals surface area contributed by atoms with Crippen LogP contribution in [-0.4, -0.2) is 59.8 Å². The summed E-state index contributed by atoms with van der Waals surface area (Å²) in [5, 5.41) is 19.8. The number of carboxylic acids is 1. The maximum absolute atomic E-state index is 11.8. The second-order valence-corrected chi connectivity index (χ2v) is 12.3. The van der Waals surface area contributed by atoms with Gasteiger partial charge < -0.3 is 19.5 Å². The molecule has 8 heteroatoms. The Kier molecular flexibility index (Phi) is 6.88. The SMILES string of the molecule is Cc1cccc(-c2cccc(N3CC4C[C@]4(C(=O)O)C3)n2)c1OCc1cc(C#N)c2c(c1)CCN(C1CCOCC1)C2. The Morgan fingerprint density at radius 2 is 2.05 bits per heavy atom. The predicted molar refractivity (Wildman–Crippen MR) is 158 cm³/mol. The van der Waals surface area contributed by atoms with Crippen LogP contribution in [0, 0.1) is 29.6 Å². The van der Waals surface area contributed by atoms with E-state index in [9.17, 15) is 15.2 Å². The van der Waals surface area contributed by atoms with Crippen LogP contribution in [0.3, 0.4) is 0 Å². The zero-order valence-electron chi connectivity index (χ0n) is 24.0. The Bertz CT molecular complexity index is 1580. The van der Waals surface area contributed by atoms with E-state index in [1.54, 1.807) is 0 Å². The zero-order valence-corrected chi connectivity index (χ0v) is 24.0. The maximum atomic E-state index is 11.8. The minimum atomic E-state index is -0.695. The number of benzene rings is 2. The molecule has 1 unspecified atom stereocenters. The third-order valence-corrected chi connectivity index (χ3v) is 9.76. The Morgan fingerprint density at radius 3 is 2.83 bits per heavy atom. The first-order chi connectivity index (χ1) is 20.4. The molecule has 0 radical (unpaired) electrons. The van der Waals surface area contributed by atoms with E-state index in [-0.39, 0.29) is 5.92 Å². The fourth-order valence-electron chi connectivity index (χ4n) is 7.24. The Morgan fingerprint density at radius 1 is 1.21 bits per heavy atom. The van der Waals surface area contributed by atoms with E-state index in [1.807, 2.05) is 49.4 Å². The van der Waals surface area contributed by atoms with Gasteiger partial charge in [-0.25, -0.2) is 4.98 Å². The number of piperidine rings is 1. The number of aryl methyl sites for hydroxylation is 1. The number of nitrogens with zero attached hydrogens (tertiary/aromatic N) is 4. The first-order valence-corrected chi connectivity index (χ1v) is 15.0. The van der Waals surface area contributed by atoms with Crippen LogP contribution >= 0.6 is 0 Å². The summed E-state index contributed by atoms with van der Waals surface area (Å²) in [7, 11) is 0. The molecule has 1 aliphatic carbocycles. The summed E-state index contributed by atoms with van der Waals surface area (Å²) in [6, 6.07) is 19.2. The van der Waals surface area contributed by atoms with Crippen LogP contribution in [0.25, 0.3) is 11.3 Å². The summed E-state index contributed by atoms with van der Waals surface area (Å²) < 4.78 is 12.0. The predicted octanol–water partition coefficient (Wildman–Crippen LogP) is 4.96. The van der Waals surface area contributed by atoms with E-state index < -0.39 is 11.4 Å². The van der Waals surface area contributed by atoms with Crippen LogP contribution in [0.2, 0.25) is 0 Å². The highest BCUT2D eigenvalue weighted by atomic mass is 16.5. The van der Waals surface area contributed by atoms with Gasteiger partial charge in [-0.1, -0.05) is 24.3 Å².